The molecule has 1 saturated heterocycles. The molecule has 2 aliphatic rings. The largest absolute Gasteiger partial charge is 0.448 e. The molecule has 6 heteroatoms. The first-order valence-corrected chi connectivity index (χ1v) is 11.3. The number of hydrogen-bond donors (Lipinski definition) is 1. The van der Waals surface area contributed by atoms with E-state index in [2.05, 4.69) is 52.1 Å². The number of nitrogens with zero attached hydrogens (tertiary/aromatic N) is 3. The van der Waals surface area contributed by atoms with Crippen LogP contribution in [0.15, 0.2) is 28.9 Å². The lowest BCUT2D eigenvalue weighted by Gasteiger charge is -2.40. The SMILES string of the molecule is CCc1cccc(N2CCN(CC[C@H]3C[C@@H](NC(=O)c4coc(C)n4)C3)CC2)c1C. The van der Waals surface area contributed by atoms with Gasteiger partial charge in [0.25, 0.3) is 5.91 Å². The molecule has 30 heavy (non-hydrogen) atoms. The van der Waals surface area contributed by atoms with Gasteiger partial charge < -0.3 is 14.6 Å². The van der Waals surface area contributed by atoms with Crippen LogP contribution in [0.3, 0.4) is 0 Å². The minimum absolute atomic E-state index is 0.117. The van der Waals surface area contributed by atoms with Crippen LogP contribution in [0.1, 0.15) is 53.7 Å². The predicted octanol–water partition coefficient (Wildman–Crippen LogP) is 3.57. The zero-order chi connectivity index (χ0) is 21.1. The zero-order valence-electron chi connectivity index (χ0n) is 18.5. The Morgan fingerprint density at radius 1 is 1.20 bits per heavy atom. The van der Waals surface area contributed by atoms with Crippen molar-refractivity contribution in [2.45, 2.75) is 52.5 Å². The van der Waals surface area contributed by atoms with Crippen LogP contribution >= 0.6 is 0 Å². The molecule has 1 aliphatic heterocycles. The van der Waals surface area contributed by atoms with Crippen molar-refractivity contribution in [3.63, 3.8) is 0 Å². The maximum Gasteiger partial charge on any atom is 0.273 e. The zero-order valence-corrected chi connectivity index (χ0v) is 18.5. The number of aromatic nitrogens is 1. The molecule has 0 bridgehead atoms. The maximum absolute atomic E-state index is 12.1. The number of aryl methyl sites for hydroxylation is 2. The van der Waals surface area contributed by atoms with Crippen molar-refractivity contribution in [2.24, 2.45) is 5.92 Å². The van der Waals surface area contributed by atoms with Crippen molar-refractivity contribution in [2.75, 3.05) is 37.6 Å². The van der Waals surface area contributed by atoms with Crippen LogP contribution < -0.4 is 10.2 Å². The van der Waals surface area contributed by atoms with Crippen molar-refractivity contribution in [3.05, 3.63) is 47.2 Å². The normalized spacial score (nSPS) is 22.0. The van der Waals surface area contributed by atoms with Gasteiger partial charge in [-0.15, -0.1) is 0 Å². The molecule has 2 aromatic rings. The van der Waals surface area contributed by atoms with Crippen molar-refractivity contribution in [1.29, 1.82) is 0 Å². The highest BCUT2D eigenvalue weighted by molar-refractivity contribution is 5.92. The molecule has 1 aromatic heterocycles. The van der Waals surface area contributed by atoms with Gasteiger partial charge in [0.15, 0.2) is 11.6 Å². The molecule has 1 aromatic carbocycles. The van der Waals surface area contributed by atoms with E-state index < -0.39 is 0 Å². The van der Waals surface area contributed by atoms with Crippen LogP contribution in [0.5, 0.6) is 0 Å². The molecular formula is C24H34N4O2. The lowest BCUT2D eigenvalue weighted by molar-refractivity contribution is 0.0872. The predicted molar refractivity (Wildman–Crippen MR) is 119 cm³/mol. The van der Waals surface area contributed by atoms with E-state index in [1.54, 1.807) is 6.92 Å². The van der Waals surface area contributed by atoms with Crippen molar-refractivity contribution < 1.29 is 9.21 Å². The molecule has 6 nitrogen and oxygen atoms in total. The fourth-order valence-electron chi connectivity index (χ4n) is 4.79. The van der Waals surface area contributed by atoms with Crippen LogP contribution in [0.2, 0.25) is 0 Å². The van der Waals surface area contributed by atoms with Gasteiger partial charge in [-0.3, -0.25) is 9.69 Å². The first-order chi connectivity index (χ1) is 14.5. The lowest BCUT2D eigenvalue weighted by Crippen LogP contribution is -2.48. The molecule has 0 atom stereocenters. The highest BCUT2D eigenvalue weighted by Crippen LogP contribution is 2.31. The fourth-order valence-corrected chi connectivity index (χ4v) is 4.79. The van der Waals surface area contributed by atoms with Gasteiger partial charge in [-0.1, -0.05) is 19.1 Å². The van der Waals surface area contributed by atoms with E-state index in [-0.39, 0.29) is 11.9 Å². The molecule has 162 valence electrons. The van der Waals surface area contributed by atoms with E-state index in [0.29, 0.717) is 11.6 Å². The summed E-state index contributed by atoms with van der Waals surface area (Å²) >= 11 is 0. The maximum atomic E-state index is 12.1. The number of nitrogens with one attached hydrogen (secondary N) is 1. The summed E-state index contributed by atoms with van der Waals surface area (Å²) in [4.78, 5) is 21.4. The number of carbonyl (C=O) groups excluding carboxylic acids is 1. The second-order valence-corrected chi connectivity index (χ2v) is 8.79. The molecule has 4 rings (SSSR count). The summed E-state index contributed by atoms with van der Waals surface area (Å²) in [6.45, 7) is 11.9. The van der Waals surface area contributed by atoms with E-state index in [1.807, 2.05) is 0 Å². The first-order valence-electron chi connectivity index (χ1n) is 11.3. The van der Waals surface area contributed by atoms with Crippen molar-refractivity contribution in [1.82, 2.24) is 15.2 Å². The van der Waals surface area contributed by atoms with Gasteiger partial charge in [0.2, 0.25) is 0 Å². The Morgan fingerprint density at radius 2 is 1.97 bits per heavy atom. The molecule has 0 unspecified atom stereocenters. The molecule has 0 radical (unpaired) electrons. The van der Waals surface area contributed by atoms with E-state index in [1.165, 1.54) is 29.5 Å². The summed E-state index contributed by atoms with van der Waals surface area (Å²) in [5, 5.41) is 3.07. The molecule has 2 fully saturated rings. The number of hydrogen-bond acceptors (Lipinski definition) is 5. The molecule has 2 heterocycles. The summed E-state index contributed by atoms with van der Waals surface area (Å²) in [5.41, 5.74) is 4.69. The Hall–Kier alpha value is -2.34. The van der Waals surface area contributed by atoms with Gasteiger partial charge in [0.1, 0.15) is 6.26 Å². The Kier molecular flexibility index (Phi) is 6.42. The lowest BCUT2D eigenvalue weighted by atomic mass is 9.78. The molecular weight excluding hydrogens is 376 g/mol. The minimum Gasteiger partial charge on any atom is -0.448 e. The second kappa shape index (κ2) is 9.21. The number of carbonyl (C=O) groups is 1. The highest BCUT2D eigenvalue weighted by atomic mass is 16.3. The number of amides is 1. The van der Waals surface area contributed by atoms with E-state index >= 15 is 0 Å². The third-order valence-corrected chi connectivity index (χ3v) is 6.79. The van der Waals surface area contributed by atoms with Crippen LogP contribution in [0.4, 0.5) is 5.69 Å². The summed E-state index contributed by atoms with van der Waals surface area (Å²) in [7, 11) is 0. The number of piperazine rings is 1. The third-order valence-electron chi connectivity index (χ3n) is 6.79. The van der Waals surface area contributed by atoms with Gasteiger partial charge >= 0.3 is 0 Å². The quantitative estimate of drug-likeness (QED) is 0.756. The van der Waals surface area contributed by atoms with Crippen LogP contribution in [0.25, 0.3) is 0 Å². The molecule has 0 spiro atoms. The molecule has 1 aliphatic carbocycles. The monoisotopic (exact) mass is 410 g/mol. The highest BCUT2D eigenvalue weighted by Gasteiger charge is 2.31. The summed E-state index contributed by atoms with van der Waals surface area (Å²) in [6.07, 6.45) is 5.90. The topological polar surface area (TPSA) is 61.6 Å². The third kappa shape index (κ3) is 4.69. The standard InChI is InChI=1S/C24H34N4O2/c1-4-20-6-5-7-23(17(20)2)28-12-10-27(11-13-28)9-8-19-14-21(15-19)26-24(29)22-16-30-18(3)25-22/h5-7,16,19,21H,4,8-15H2,1-3H3,(H,26,29)/t19-,21+. The summed E-state index contributed by atoms with van der Waals surface area (Å²) in [6, 6.07) is 7.00. The molecule has 1 saturated carbocycles. The van der Waals surface area contributed by atoms with Crippen molar-refractivity contribution in [3.8, 4) is 0 Å². The molecule has 1 amide bonds. The Balaban J connectivity index is 1.15. The summed E-state index contributed by atoms with van der Waals surface area (Å²) in [5.74, 6) is 1.13. The minimum atomic E-state index is -0.117. The second-order valence-electron chi connectivity index (χ2n) is 8.79. The van der Waals surface area contributed by atoms with Gasteiger partial charge in [0, 0.05) is 44.8 Å². The van der Waals surface area contributed by atoms with Crippen LogP contribution in [-0.2, 0) is 6.42 Å². The number of anilines is 1. The molecule has 1 N–H and O–H groups in total. The smallest absolute Gasteiger partial charge is 0.273 e. The Labute approximate surface area is 179 Å². The number of benzene rings is 1. The van der Waals surface area contributed by atoms with E-state index in [4.69, 9.17) is 4.42 Å². The average molecular weight is 411 g/mol. The Morgan fingerprint density at radius 3 is 2.63 bits per heavy atom. The number of rotatable bonds is 7. The average Bonchev–Trinajstić information content (AvgIpc) is 3.16. The van der Waals surface area contributed by atoms with Gasteiger partial charge in [-0.05, 0) is 62.3 Å². The summed E-state index contributed by atoms with van der Waals surface area (Å²) < 4.78 is 5.12. The van der Waals surface area contributed by atoms with Gasteiger partial charge in [0.05, 0.1) is 0 Å². The number of oxazole rings is 1. The van der Waals surface area contributed by atoms with Gasteiger partial charge in [-0.25, -0.2) is 4.98 Å². The van der Waals surface area contributed by atoms with E-state index in [0.717, 1.165) is 57.9 Å². The van der Waals surface area contributed by atoms with Gasteiger partial charge in [-0.2, -0.15) is 0 Å². The fraction of sp³-hybridized carbons (Fsp3) is 0.583. The Bertz CT molecular complexity index is 864. The first kappa shape index (κ1) is 20.9. The van der Waals surface area contributed by atoms with Crippen LogP contribution in [0, 0.1) is 19.8 Å². The van der Waals surface area contributed by atoms with Crippen molar-refractivity contribution >= 4 is 11.6 Å². The van der Waals surface area contributed by atoms with Crippen LogP contribution in [-0.4, -0.2) is 54.6 Å². The van der Waals surface area contributed by atoms with E-state index in [9.17, 15) is 4.79 Å².